The van der Waals surface area contributed by atoms with Crippen molar-refractivity contribution in [1.29, 1.82) is 0 Å². The van der Waals surface area contributed by atoms with Gasteiger partial charge in [-0.25, -0.2) is 18.7 Å². The molecule has 6 aromatic rings. The van der Waals surface area contributed by atoms with Crippen LogP contribution < -0.4 is 62.9 Å². The number of hydrogen-bond donors (Lipinski definition) is 2. The van der Waals surface area contributed by atoms with E-state index in [-0.39, 0.29) is 90.3 Å². The van der Waals surface area contributed by atoms with Crippen molar-refractivity contribution in [3.8, 4) is 23.1 Å². The summed E-state index contributed by atoms with van der Waals surface area (Å²) in [6.45, 7) is 1.34. The van der Waals surface area contributed by atoms with Crippen LogP contribution in [0, 0.1) is 11.6 Å². The van der Waals surface area contributed by atoms with E-state index in [2.05, 4.69) is 41.0 Å². The predicted molar refractivity (Wildman–Crippen MR) is 178 cm³/mol. The van der Waals surface area contributed by atoms with Gasteiger partial charge in [-0.3, -0.25) is 18.7 Å². The molecule has 2 amide bonds. The molecule has 6 rings (SSSR count). The van der Waals surface area contributed by atoms with E-state index in [1.165, 1.54) is 43.1 Å². The van der Waals surface area contributed by atoms with Crippen molar-refractivity contribution in [1.82, 2.24) is 39.5 Å². The average molecular weight is 754 g/mol. The van der Waals surface area contributed by atoms with Crippen LogP contribution in [0.15, 0.2) is 86.0 Å². The molecule has 1 atom stereocenters. The Balaban J connectivity index is 0.00000280. The van der Waals surface area contributed by atoms with E-state index < -0.39 is 46.8 Å². The summed E-state index contributed by atoms with van der Waals surface area (Å²) in [5.41, 5.74) is -1.66. The molecule has 0 fully saturated rings. The third kappa shape index (κ3) is 10.5. The number of aromatic carboxylic acids is 1. The maximum absolute atomic E-state index is 14.9. The summed E-state index contributed by atoms with van der Waals surface area (Å²) in [5.74, 6) is -5.31. The number of benzene rings is 2. The Morgan fingerprint density at radius 1 is 0.804 bits per heavy atom. The van der Waals surface area contributed by atoms with Crippen LogP contribution in [0.2, 0.25) is 0 Å². The van der Waals surface area contributed by atoms with Crippen LogP contribution in [0.5, 0.6) is 11.5 Å². The van der Waals surface area contributed by atoms with Crippen molar-refractivity contribution in [3.05, 3.63) is 120 Å². The molecule has 0 spiro atoms. The van der Waals surface area contributed by atoms with Gasteiger partial charge in [-0.2, -0.15) is 0 Å². The van der Waals surface area contributed by atoms with E-state index in [1.807, 2.05) is 0 Å². The number of ether oxygens (including phenoxy) is 2. The molecule has 1 unspecified atom stereocenters. The second kappa shape index (κ2) is 19.9. The molecule has 0 aliphatic carbocycles. The fourth-order valence-corrected chi connectivity index (χ4v) is 4.71. The zero-order chi connectivity index (χ0) is 37.5. The van der Waals surface area contributed by atoms with Crippen LogP contribution in [0.1, 0.15) is 50.2 Å². The number of amides is 2. The Morgan fingerprint density at radius 2 is 1.34 bits per heavy atom. The summed E-state index contributed by atoms with van der Waals surface area (Å²) in [6.07, 6.45) is 10.1. The normalized spacial score (nSPS) is 10.8. The number of imidazole rings is 2. The third-order valence-electron chi connectivity index (χ3n) is 7.38. The Bertz CT molecular complexity index is 2280. The zero-order valence-corrected chi connectivity index (χ0v) is 29.7. The number of carboxylic acid groups (broad SMARTS) is 1. The van der Waals surface area contributed by atoms with Gasteiger partial charge < -0.3 is 40.3 Å². The minimum atomic E-state index is -1.76. The number of nitrogens with one attached hydrogen (secondary N) is 2. The second-order valence-corrected chi connectivity index (χ2v) is 11.0. The molecule has 18 nitrogen and oxygen atoms in total. The smallest absolute Gasteiger partial charge is 0.870 e. The molecular formula is C34H25F2Li2N10O8-. The van der Waals surface area contributed by atoms with Gasteiger partial charge in [0.05, 0.1) is 30.7 Å². The topological polar surface area (TPSA) is 251 Å². The molecule has 3 N–H and O–H groups in total. The van der Waals surface area contributed by atoms with Gasteiger partial charge in [0.15, 0.2) is 28.9 Å². The largest absolute Gasteiger partial charge is 1.00 e. The Kier molecular flexibility index (Phi) is 15.7. The molecule has 4 heterocycles. The van der Waals surface area contributed by atoms with Crippen LogP contribution in [0.4, 0.5) is 20.2 Å². The van der Waals surface area contributed by atoms with Gasteiger partial charge in [0.2, 0.25) is 0 Å². The molecule has 0 bridgehead atoms. The summed E-state index contributed by atoms with van der Waals surface area (Å²) in [7, 11) is 0. The van der Waals surface area contributed by atoms with Gasteiger partial charge in [-0.05, 0) is 37.3 Å². The Hall–Kier alpha value is -6.29. The SMILES string of the molecule is CC(CCOc1cc(NC(=O)c2ccc(-n3ccnc3)nn2)c(C(=O)[O-])cc1F)Oc1cc(NC(=O)c2ccc(-n3ccnc3)nn2)c([C-]=O)cc1F.[Li+].[Li+].[OH-]. The maximum Gasteiger partial charge on any atom is 1.00 e. The van der Waals surface area contributed by atoms with E-state index in [9.17, 15) is 33.1 Å². The van der Waals surface area contributed by atoms with Crippen molar-refractivity contribution < 1.29 is 85.7 Å². The first-order valence-corrected chi connectivity index (χ1v) is 15.4. The molecule has 0 aliphatic heterocycles. The van der Waals surface area contributed by atoms with Crippen molar-refractivity contribution in [2.75, 3.05) is 17.2 Å². The Labute approximate surface area is 339 Å². The van der Waals surface area contributed by atoms with Gasteiger partial charge in [-0.1, -0.05) is 11.8 Å². The number of nitrogens with zero attached hydrogens (tertiary/aromatic N) is 8. The fourth-order valence-electron chi connectivity index (χ4n) is 4.71. The minimum absolute atomic E-state index is 0. The molecular weight excluding hydrogens is 728 g/mol. The zero-order valence-electron chi connectivity index (χ0n) is 29.7. The van der Waals surface area contributed by atoms with E-state index in [0.29, 0.717) is 17.7 Å². The van der Waals surface area contributed by atoms with Crippen molar-refractivity contribution >= 4 is 35.4 Å². The summed E-state index contributed by atoms with van der Waals surface area (Å²) in [6, 6.07) is 9.29. The first-order valence-electron chi connectivity index (χ1n) is 15.4. The number of hydrogen-bond acceptors (Lipinski definition) is 14. The molecule has 0 saturated heterocycles. The monoisotopic (exact) mass is 753 g/mol. The summed E-state index contributed by atoms with van der Waals surface area (Å²) in [5, 5.41) is 32.2. The van der Waals surface area contributed by atoms with Crippen LogP contribution in [-0.2, 0) is 4.79 Å². The van der Waals surface area contributed by atoms with Gasteiger partial charge in [0.1, 0.15) is 29.9 Å². The van der Waals surface area contributed by atoms with Crippen molar-refractivity contribution in [3.63, 3.8) is 0 Å². The van der Waals surface area contributed by atoms with Crippen LogP contribution in [0.25, 0.3) is 11.6 Å². The first kappa shape index (κ1) is 44.1. The van der Waals surface area contributed by atoms with Crippen LogP contribution in [0.3, 0.4) is 0 Å². The van der Waals surface area contributed by atoms with Gasteiger partial charge in [-0.15, -0.1) is 32.0 Å². The average Bonchev–Trinajstić information content (AvgIpc) is 3.90. The van der Waals surface area contributed by atoms with E-state index in [0.717, 1.165) is 18.2 Å². The summed E-state index contributed by atoms with van der Waals surface area (Å²) in [4.78, 5) is 56.8. The van der Waals surface area contributed by atoms with Crippen molar-refractivity contribution in [2.45, 2.75) is 19.4 Å². The molecule has 2 aromatic carbocycles. The number of carbonyl (C=O) groups excluding carboxylic acids is 4. The number of halogens is 2. The molecule has 276 valence electrons. The quantitative estimate of drug-likeness (QED) is 0.0803. The first-order chi connectivity index (χ1) is 25.6. The van der Waals surface area contributed by atoms with Gasteiger partial charge in [0, 0.05) is 42.8 Å². The van der Waals surface area contributed by atoms with Gasteiger partial charge in [0.25, 0.3) is 11.8 Å². The summed E-state index contributed by atoms with van der Waals surface area (Å²) >= 11 is 0. The standard InChI is InChI=1S/C34H25F2N10O7.2Li.H2O/c1-19(53-29-14-26(20(16-47)12-22(29)35)39-32(48)24-2-4-30(43-41-24)45-9-7-37-17-45)6-11-52-28-15-27(21(34(50)51)13-23(28)36)40-33(49)25-3-5-31(44-42-25)46-10-8-38-18-46;;;/h2-5,7-10,12-15,17-19H,6,11H2,1H3,(H,39,48)(H,40,49)(H,50,51);;;1H2/q-1;2*+1;/p-2. The number of carboxylic acids is 1. The number of aromatic nitrogens is 8. The predicted octanol–water partition coefficient (Wildman–Crippen LogP) is -3.69. The number of rotatable bonds is 14. The van der Waals surface area contributed by atoms with Gasteiger partial charge >= 0.3 is 37.7 Å². The Morgan fingerprint density at radius 3 is 1.82 bits per heavy atom. The molecule has 0 aliphatic rings. The minimum Gasteiger partial charge on any atom is -0.870 e. The fraction of sp³-hybridized carbons (Fsp3) is 0.118. The van der Waals surface area contributed by atoms with E-state index in [4.69, 9.17) is 9.47 Å². The molecule has 0 saturated carbocycles. The molecule has 0 radical (unpaired) electrons. The number of carbonyl (C=O) groups is 3. The van der Waals surface area contributed by atoms with E-state index in [1.54, 1.807) is 40.9 Å². The number of anilines is 2. The second-order valence-electron chi connectivity index (χ2n) is 11.0. The van der Waals surface area contributed by atoms with Crippen molar-refractivity contribution in [2.24, 2.45) is 0 Å². The molecule has 56 heavy (non-hydrogen) atoms. The third-order valence-corrected chi connectivity index (χ3v) is 7.38. The molecule has 4 aromatic heterocycles. The van der Waals surface area contributed by atoms with Crippen LogP contribution >= 0.6 is 0 Å². The summed E-state index contributed by atoms with van der Waals surface area (Å²) < 4.78 is 44.1. The van der Waals surface area contributed by atoms with E-state index >= 15 is 0 Å². The molecule has 22 heteroatoms. The van der Waals surface area contributed by atoms with Crippen LogP contribution in [-0.4, -0.2) is 81.8 Å². The maximum atomic E-state index is 14.9.